The Bertz CT molecular complexity index is 776. The van der Waals surface area contributed by atoms with E-state index in [1.54, 1.807) is 14.0 Å². The Balaban J connectivity index is 1.41. The molecular weight excluding hydrogens is 326 g/mol. The number of rotatable bonds is 4. The minimum absolute atomic E-state index is 0.199. The first-order valence-electron chi connectivity index (χ1n) is 9.62. The smallest absolute Gasteiger partial charge is 0.219 e. The van der Waals surface area contributed by atoms with Crippen molar-refractivity contribution in [2.45, 2.75) is 26.3 Å². The number of hydrogen-bond donors (Lipinski definition) is 1. The molecule has 2 aromatic rings. The molecule has 3 heterocycles. The van der Waals surface area contributed by atoms with Crippen LogP contribution in [0.25, 0.3) is 10.9 Å². The number of piperidine rings is 1. The predicted octanol–water partition coefficient (Wildman–Crippen LogP) is 2.87. The Labute approximate surface area is 155 Å². The highest BCUT2D eigenvalue weighted by Crippen LogP contribution is 2.45. The molecular formula is C21H29N3O2. The molecule has 0 aliphatic carbocycles. The van der Waals surface area contributed by atoms with Gasteiger partial charge in [0.15, 0.2) is 0 Å². The number of aromatic amines is 1. The second-order valence-electron chi connectivity index (χ2n) is 8.09. The molecule has 1 amide bonds. The molecule has 1 N–H and O–H groups in total. The van der Waals surface area contributed by atoms with Gasteiger partial charge >= 0.3 is 0 Å². The third-order valence-electron chi connectivity index (χ3n) is 6.50. The molecule has 5 heteroatoms. The fourth-order valence-electron chi connectivity index (χ4n) is 4.89. The number of carbonyl (C=O) groups excluding carboxylic acids is 1. The van der Waals surface area contributed by atoms with Gasteiger partial charge in [0.2, 0.25) is 5.91 Å². The van der Waals surface area contributed by atoms with E-state index in [1.807, 2.05) is 11.1 Å². The number of benzene rings is 1. The van der Waals surface area contributed by atoms with Gasteiger partial charge in [0.05, 0.1) is 6.61 Å². The third kappa shape index (κ3) is 3.26. The van der Waals surface area contributed by atoms with Gasteiger partial charge in [-0.1, -0.05) is 6.07 Å². The molecule has 4 rings (SSSR count). The summed E-state index contributed by atoms with van der Waals surface area (Å²) in [6.07, 6.45) is 4.30. The van der Waals surface area contributed by atoms with Crippen molar-refractivity contribution in [1.29, 1.82) is 0 Å². The number of carbonyl (C=O) groups is 1. The van der Waals surface area contributed by atoms with E-state index in [0.29, 0.717) is 5.92 Å². The Morgan fingerprint density at radius 2 is 2.12 bits per heavy atom. The highest BCUT2D eigenvalue weighted by Gasteiger charge is 2.48. The summed E-state index contributed by atoms with van der Waals surface area (Å²) in [6, 6.07) is 8.82. The van der Waals surface area contributed by atoms with Gasteiger partial charge in [-0.3, -0.25) is 9.69 Å². The van der Waals surface area contributed by atoms with Gasteiger partial charge in [-0.05, 0) is 60.5 Å². The van der Waals surface area contributed by atoms with Gasteiger partial charge in [0, 0.05) is 51.3 Å². The lowest BCUT2D eigenvalue weighted by Gasteiger charge is -2.42. The Morgan fingerprint density at radius 1 is 1.31 bits per heavy atom. The van der Waals surface area contributed by atoms with Gasteiger partial charge in [0.1, 0.15) is 0 Å². The molecule has 0 bridgehead atoms. The number of methoxy groups -OCH3 is 1. The number of amides is 1. The standard InChI is InChI=1S/C21H29N3O2/c1-16(25)24-13-19(14-26-2)21(15-24)6-9-23(10-7-21)12-17-3-4-20-18(11-17)5-8-22-20/h3-5,8,11,19,22H,6-7,9-10,12-15H2,1-2H3. The van der Waals surface area contributed by atoms with E-state index in [4.69, 9.17) is 4.74 Å². The highest BCUT2D eigenvalue weighted by molar-refractivity contribution is 5.79. The van der Waals surface area contributed by atoms with Crippen LogP contribution in [0.2, 0.25) is 0 Å². The summed E-state index contributed by atoms with van der Waals surface area (Å²) in [7, 11) is 1.77. The van der Waals surface area contributed by atoms with Crippen molar-refractivity contribution in [2.75, 3.05) is 39.9 Å². The number of nitrogens with zero attached hydrogens (tertiary/aromatic N) is 2. The minimum atomic E-state index is 0.199. The van der Waals surface area contributed by atoms with Crippen LogP contribution in [0.3, 0.4) is 0 Å². The van der Waals surface area contributed by atoms with Gasteiger partial charge in [-0.2, -0.15) is 0 Å². The lowest BCUT2D eigenvalue weighted by Crippen LogP contribution is -2.45. The van der Waals surface area contributed by atoms with Crippen LogP contribution in [0.5, 0.6) is 0 Å². The number of nitrogens with one attached hydrogen (secondary N) is 1. The fourth-order valence-corrected chi connectivity index (χ4v) is 4.89. The van der Waals surface area contributed by atoms with E-state index in [-0.39, 0.29) is 11.3 Å². The van der Waals surface area contributed by atoms with E-state index in [9.17, 15) is 4.79 Å². The van der Waals surface area contributed by atoms with Crippen LogP contribution in [0.15, 0.2) is 30.5 Å². The topological polar surface area (TPSA) is 48.6 Å². The fraction of sp³-hybridized carbons (Fsp3) is 0.571. The molecule has 0 saturated carbocycles. The van der Waals surface area contributed by atoms with Crippen molar-refractivity contribution in [3.8, 4) is 0 Å². The molecule has 0 radical (unpaired) electrons. The number of likely N-dealkylation sites (tertiary alicyclic amines) is 2. The second-order valence-corrected chi connectivity index (χ2v) is 8.09. The van der Waals surface area contributed by atoms with Crippen LogP contribution in [0.1, 0.15) is 25.3 Å². The van der Waals surface area contributed by atoms with Crippen molar-refractivity contribution in [3.05, 3.63) is 36.0 Å². The van der Waals surface area contributed by atoms with Gasteiger partial charge in [-0.15, -0.1) is 0 Å². The van der Waals surface area contributed by atoms with Crippen molar-refractivity contribution in [1.82, 2.24) is 14.8 Å². The summed E-state index contributed by atoms with van der Waals surface area (Å²) in [5, 5.41) is 1.28. The van der Waals surface area contributed by atoms with Crippen LogP contribution in [-0.2, 0) is 16.1 Å². The lowest BCUT2D eigenvalue weighted by molar-refractivity contribution is -0.128. The van der Waals surface area contributed by atoms with Crippen molar-refractivity contribution < 1.29 is 9.53 Å². The highest BCUT2D eigenvalue weighted by atomic mass is 16.5. The Kier molecular flexibility index (Phi) is 4.76. The van der Waals surface area contributed by atoms with Gasteiger partial charge < -0.3 is 14.6 Å². The molecule has 5 nitrogen and oxygen atoms in total. The van der Waals surface area contributed by atoms with Crippen LogP contribution in [0.4, 0.5) is 0 Å². The van der Waals surface area contributed by atoms with Crippen molar-refractivity contribution in [2.24, 2.45) is 11.3 Å². The maximum absolute atomic E-state index is 11.9. The molecule has 2 fully saturated rings. The number of ether oxygens (including phenoxy) is 1. The van der Waals surface area contributed by atoms with Crippen LogP contribution < -0.4 is 0 Å². The van der Waals surface area contributed by atoms with Gasteiger partial charge in [-0.25, -0.2) is 0 Å². The summed E-state index contributed by atoms with van der Waals surface area (Å²) in [5.41, 5.74) is 2.81. The molecule has 2 saturated heterocycles. The Hall–Kier alpha value is -1.85. The lowest BCUT2D eigenvalue weighted by atomic mass is 9.71. The van der Waals surface area contributed by atoms with Crippen molar-refractivity contribution >= 4 is 16.8 Å². The SMILES string of the molecule is COCC1CN(C(C)=O)CC12CCN(Cc1ccc3[nH]ccc3c1)CC2. The summed E-state index contributed by atoms with van der Waals surface area (Å²) in [5.74, 6) is 0.667. The van der Waals surface area contributed by atoms with Gasteiger partial charge in [0.25, 0.3) is 0 Å². The predicted molar refractivity (Wildman–Crippen MR) is 103 cm³/mol. The first kappa shape index (κ1) is 17.6. The van der Waals surface area contributed by atoms with E-state index in [1.165, 1.54) is 16.5 Å². The number of fused-ring (bicyclic) bond motifs is 1. The first-order chi connectivity index (χ1) is 12.6. The van der Waals surface area contributed by atoms with E-state index < -0.39 is 0 Å². The zero-order valence-electron chi connectivity index (χ0n) is 15.8. The average Bonchev–Trinajstić information content (AvgIpc) is 3.23. The summed E-state index contributed by atoms with van der Waals surface area (Å²) < 4.78 is 5.48. The summed E-state index contributed by atoms with van der Waals surface area (Å²) in [6.45, 7) is 7.40. The number of aromatic nitrogens is 1. The van der Waals surface area contributed by atoms with Crippen LogP contribution >= 0.6 is 0 Å². The maximum atomic E-state index is 11.9. The molecule has 2 aliphatic rings. The number of hydrogen-bond acceptors (Lipinski definition) is 3. The molecule has 1 atom stereocenters. The monoisotopic (exact) mass is 355 g/mol. The first-order valence-corrected chi connectivity index (χ1v) is 9.62. The molecule has 26 heavy (non-hydrogen) atoms. The zero-order valence-corrected chi connectivity index (χ0v) is 15.8. The van der Waals surface area contributed by atoms with Crippen LogP contribution in [0, 0.1) is 11.3 Å². The molecule has 1 aromatic heterocycles. The molecule has 1 spiro atoms. The maximum Gasteiger partial charge on any atom is 0.219 e. The molecule has 1 unspecified atom stereocenters. The minimum Gasteiger partial charge on any atom is -0.384 e. The largest absolute Gasteiger partial charge is 0.384 e. The Morgan fingerprint density at radius 3 is 2.85 bits per heavy atom. The molecule has 1 aromatic carbocycles. The average molecular weight is 355 g/mol. The van der Waals surface area contributed by atoms with E-state index in [0.717, 1.165) is 52.2 Å². The second kappa shape index (κ2) is 7.05. The summed E-state index contributed by atoms with van der Waals surface area (Å²) >= 11 is 0. The normalized spacial score (nSPS) is 23.2. The third-order valence-corrected chi connectivity index (χ3v) is 6.50. The van der Waals surface area contributed by atoms with E-state index in [2.05, 4.69) is 34.1 Å². The summed E-state index contributed by atoms with van der Waals surface area (Å²) in [4.78, 5) is 19.7. The zero-order chi connectivity index (χ0) is 18.1. The van der Waals surface area contributed by atoms with Crippen LogP contribution in [-0.4, -0.2) is 60.6 Å². The van der Waals surface area contributed by atoms with Crippen molar-refractivity contribution in [3.63, 3.8) is 0 Å². The molecule has 2 aliphatic heterocycles. The van der Waals surface area contributed by atoms with E-state index >= 15 is 0 Å². The number of H-pyrrole nitrogens is 1. The quantitative estimate of drug-likeness (QED) is 0.917. The molecule has 140 valence electrons.